The van der Waals surface area contributed by atoms with E-state index < -0.39 is 0 Å². The highest BCUT2D eigenvalue weighted by Crippen LogP contribution is 2.26. The fourth-order valence-electron chi connectivity index (χ4n) is 3.23. The lowest BCUT2D eigenvalue weighted by Crippen LogP contribution is -2.35. The summed E-state index contributed by atoms with van der Waals surface area (Å²) in [4.78, 5) is 12.9. The lowest BCUT2D eigenvalue weighted by molar-refractivity contribution is 0.0905. The van der Waals surface area contributed by atoms with E-state index in [1.165, 1.54) is 5.56 Å². The van der Waals surface area contributed by atoms with Crippen LogP contribution in [0.25, 0.3) is 16.8 Å². The van der Waals surface area contributed by atoms with E-state index in [4.69, 9.17) is 4.74 Å². The van der Waals surface area contributed by atoms with Crippen LogP contribution >= 0.6 is 0 Å². The average molecular weight is 393 g/mol. The number of nitrogens with one attached hydrogen (secondary N) is 1. The van der Waals surface area contributed by atoms with Gasteiger partial charge >= 0.3 is 0 Å². The van der Waals surface area contributed by atoms with Crippen LogP contribution in [-0.2, 0) is 4.74 Å². The SMILES string of the molecule is COC[C@@H](C)NC(=O)c1cc(-c2ccc(C)cc2)cc(-n2cnnc2C(C)C)c1. The molecule has 6 nitrogen and oxygen atoms in total. The second-order valence-corrected chi connectivity index (χ2v) is 7.68. The van der Waals surface area contributed by atoms with Gasteiger partial charge in [0.25, 0.3) is 5.91 Å². The third kappa shape index (κ3) is 4.90. The number of rotatable bonds is 7. The number of carbonyl (C=O) groups is 1. The molecule has 0 unspecified atom stereocenters. The van der Waals surface area contributed by atoms with E-state index in [1.807, 2.05) is 23.6 Å². The minimum absolute atomic E-state index is 0.0832. The van der Waals surface area contributed by atoms with E-state index in [2.05, 4.69) is 66.6 Å². The molecule has 0 aliphatic carbocycles. The monoisotopic (exact) mass is 392 g/mol. The third-order valence-corrected chi connectivity index (χ3v) is 4.73. The Morgan fingerprint density at radius 1 is 1.10 bits per heavy atom. The lowest BCUT2D eigenvalue weighted by Gasteiger charge is -2.16. The molecule has 0 saturated carbocycles. The number of methoxy groups -OCH3 is 1. The van der Waals surface area contributed by atoms with Gasteiger partial charge < -0.3 is 10.1 Å². The predicted octanol–water partition coefficient (Wildman–Crippen LogP) is 4.13. The van der Waals surface area contributed by atoms with E-state index in [9.17, 15) is 4.79 Å². The lowest BCUT2D eigenvalue weighted by atomic mass is 10.00. The summed E-state index contributed by atoms with van der Waals surface area (Å²) in [6, 6.07) is 14.1. The van der Waals surface area contributed by atoms with Crippen LogP contribution in [-0.4, -0.2) is 40.4 Å². The maximum Gasteiger partial charge on any atom is 0.251 e. The van der Waals surface area contributed by atoms with Gasteiger partial charge in [0.2, 0.25) is 0 Å². The first-order valence-corrected chi connectivity index (χ1v) is 9.81. The second kappa shape index (κ2) is 9.01. The summed E-state index contributed by atoms with van der Waals surface area (Å²) in [5, 5.41) is 11.3. The number of benzene rings is 2. The maximum absolute atomic E-state index is 12.9. The molecular formula is C23H28N4O2. The van der Waals surface area contributed by atoms with Gasteiger partial charge in [-0.15, -0.1) is 10.2 Å². The van der Waals surface area contributed by atoms with E-state index in [-0.39, 0.29) is 17.9 Å². The molecule has 3 aromatic rings. The van der Waals surface area contributed by atoms with Crippen LogP contribution in [0.2, 0.25) is 0 Å². The number of aryl methyl sites for hydroxylation is 1. The molecule has 1 amide bonds. The summed E-state index contributed by atoms with van der Waals surface area (Å²) >= 11 is 0. The second-order valence-electron chi connectivity index (χ2n) is 7.68. The predicted molar refractivity (Wildman–Crippen MR) is 114 cm³/mol. The molecule has 0 saturated heterocycles. The van der Waals surface area contributed by atoms with Crippen molar-refractivity contribution < 1.29 is 9.53 Å². The van der Waals surface area contributed by atoms with Crippen molar-refractivity contribution in [3.8, 4) is 16.8 Å². The van der Waals surface area contributed by atoms with Crippen LogP contribution < -0.4 is 5.32 Å². The number of ether oxygens (including phenoxy) is 1. The normalized spacial score (nSPS) is 12.2. The number of hydrogen-bond donors (Lipinski definition) is 1. The van der Waals surface area contributed by atoms with Gasteiger partial charge in [-0.2, -0.15) is 0 Å². The Bertz CT molecular complexity index is 977. The fraction of sp³-hybridized carbons (Fsp3) is 0.348. The molecule has 152 valence electrons. The number of hydrogen-bond acceptors (Lipinski definition) is 4. The summed E-state index contributed by atoms with van der Waals surface area (Å²) in [5.41, 5.74) is 4.66. The molecule has 1 heterocycles. The molecule has 1 N–H and O–H groups in total. The Morgan fingerprint density at radius 2 is 1.83 bits per heavy atom. The van der Waals surface area contributed by atoms with Gasteiger partial charge in [0.15, 0.2) is 0 Å². The Hall–Kier alpha value is -2.99. The van der Waals surface area contributed by atoms with Gasteiger partial charge in [0, 0.05) is 30.3 Å². The van der Waals surface area contributed by atoms with Gasteiger partial charge in [-0.3, -0.25) is 9.36 Å². The summed E-state index contributed by atoms with van der Waals surface area (Å²) in [7, 11) is 1.62. The molecule has 6 heteroatoms. The number of carbonyl (C=O) groups excluding carboxylic acids is 1. The van der Waals surface area contributed by atoms with Crippen molar-refractivity contribution in [3.63, 3.8) is 0 Å². The van der Waals surface area contributed by atoms with Crippen LogP contribution in [0, 0.1) is 6.92 Å². The smallest absolute Gasteiger partial charge is 0.251 e. The molecule has 0 fully saturated rings. The Kier molecular flexibility index (Phi) is 6.44. The average Bonchev–Trinajstić information content (AvgIpc) is 3.18. The Labute approximate surface area is 171 Å². The quantitative estimate of drug-likeness (QED) is 0.656. The zero-order valence-corrected chi connectivity index (χ0v) is 17.6. The van der Waals surface area contributed by atoms with E-state index >= 15 is 0 Å². The molecule has 1 atom stereocenters. The molecule has 0 spiro atoms. The van der Waals surface area contributed by atoms with Crippen LogP contribution in [0.5, 0.6) is 0 Å². The number of aromatic nitrogens is 3. The largest absolute Gasteiger partial charge is 0.383 e. The van der Waals surface area contributed by atoms with E-state index in [0.29, 0.717) is 12.2 Å². The molecule has 0 bridgehead atoms. The maximum atomic E-state index is 12.9. The molecule has 0 radical (unpaired) electrons. The molecular weight excluding hydrogens is 364 g/mol. The molecule has 3 rings (SSSR count). The summed E-state index contributed by atoms with van der Waals surface area (Å²) in [6.45, 7) is 8.58. The highest BCUT2D eigenvalue weighted by Gasteiger charge is 2.16. The van der Waals surface area contributed by atoms with Crippen LogP contribution in [0.3, 0.4) is 0 Å². The highest BCUT2D eigenvalue weighted by atomic mass is 16.5. The van der Waals surface area contributed by atoms with Crippen LogP contribution in [0.4, 0.5) is 0 Å². The Balaban J connectivity index is 2.08. The first-order valence-electron chi connectivity index (χ1n) is 9.81. The van der Waals surface area contributed by atoms with Crippen molar-refractivity contribution >= 4 is 5.91 Å². The Morgan fingerprint density at radius 3 is 2.48 bits per heavy atom. The topological polar surface area (TPSA) is 69.0 Å². The van der Waals surface area contributed by atoms with Crippen LogP contribution in [0.15, 0.2) is 48.8 Å². The fourth-order valence-corrected chi connectivity index (χ4v) is 3.23. The van der Waals surface area contributed by atoms with Crippen molar-refractivity contribution in [2.24, 2.45) is 0 Å². The zero-order valence-electron chi connectivity index (χ0n) is 17.6. The highest BCUT2D eigenvalue weighted by molar-refractivity contribution is 5.96. The van der Waals surface area contributed by atoms with Gasteiger partial charge in [0.05, 0.1) is 6.61 Å². The summed E-state index contributed by atoms with van der Waals surface area (Å²) in [5.74, 6) is 0.925. The first-order chi connectivity index (χ1) is 13.9. The first kappa shape index (κ1) is 20.7. The molecule has 1 aromatic heterocycles. The van der Waals surface area contributed by atoms with Gasteiger partial charge in [-0.1, -0.05) is 43.7 Å². The molecule has 29 heavy (non-hydrogen) atoms. The van der Waals surface area contributed by atoms with E-state index in [1.54, 1.807) is 13.4 Å². The number of nitrogens with zero attached hydrogens (tertiary/aromatic N) is 3. The van der Waals surface area contributed by atoms with Crippen molar-refractivity contribution in [2.75, 3.05) is 13.7 Å². The minimum atomic E-state index is -0.135. The molecule has 2 aromatic carbocycles. The molecule has 0 aliphatic heterocycles. The van der Waals surface area contributed by atoms with Gasteiger partial charge in [-0.05, 0) is 43.2 Å². The van der Waals surface area contributed by atoms with Crippen molar-refractivity contribution in [2.45, 2.75) is 39.7 Å². The van der Waals surface area contributed by atoms with Crippen molar-refractivity contribution in [3.05, 3.63) is 65.7 Å². The van der Waals surface area contributed by atoms with Gasteiger partial charge in [-0.25, -0.2) is 0 Å². The summed E-state index contributed by atoms with van der Waals surface area (Å²) in [6.07, 6.45) is 1.69. The standard InChI is InChI=1S/C23H28N4O2/c1-15(2)22-26-24-14-27(22)21-11-19(18-8-6-16(3)7-9-18)10-20(12-21)23(28)25-17(4)13-29-5/h6-12,14-15,17H,13H2,1-5H3,(H,25,28)/t17-/m1/s1. The van der Waals surface area contributed by atoms with E-state index in [0.717, 1.165) is 22.6 Å². The van der Waals surface area contributed by atoms with Crippen molar-refractivity contribution in [1.82, 2.24) is 20.1 Å². The van der Waals surface area contributed by atoms with Crippen molar-refractivity contribution in [1.29, 1.82) is 0 Å². The zero-order chi connectivity index (χ0) is 21.0. The van der Waals surface area contributed by atoms with Gasteiger partial charge in [0.1, 0.15) is 12.2 Å². The minimum Gasteiger partial charge on any atom is -0.383 e. The van der Waals surface area contributed by atoms with Crippen LogP contribution in [0.1, 0.15) is 48.4 Å². The summed E-state index contributed by atoms with van der Waals surface area (Å²) < 4.78 is 7.08. The molecule has 0 aliphatic rings. The number of amides is 1. The third-order valence-electron chi connectivity index (χ3n) is 4.73.